The minimum atomic E-state index is -0.889. The van der Waals surface area contributed by atoms with Crippen molar-refractivity contribution in [3.8, 4) is 16.9 Å². The maximum Gasteiger partial charge on any atom is 0.310 e. The van der Waals surface area contributed by atoms with Crippen molar-refractivity contribution in [2.45, 2.75) is 19.4 Å². The largest absolute Gasteiger partial charge is 0.485 e. The van der Waals surface area contributed by atoms with Gasteiger partial charge in [0.1, 0.15) is 12.4 Å². The van der Waals surface area contributed by atoms with E-state index in [1.807, 2.05) is 36.4 Å². The number of rotatable bonds is 6. The third-order valence-electron chi connectivity index (χ3n) is 3.93. The quantitative estimate of drug-likeness (QED) is 0.740. The molecule has 0 fully saturated rings. The molecular weight excluding hydrogens is 316 g/mol. The summed E-state index contributed by atoms with van der Waals surface area (Å²) in [5.41, 5.74) is 2.62. The molecule has 1 aromatic heterocycles. The van der Waals surface area contributed by atoms with Gasteiger partial charge in [0.2, 0.25) is 0 Å². The molecule has 3 rings (SSSR count). The van der Waals surface area contributed by atoms with Crippen LogP contribution in [-0.4, -0.2) is 21.0 Å². The summed E-state index contributed by atoms with van der Waals surface area (Å²) in [6, 6.07) is 17.0. The van der Waals surface area contributed by atoms with Gasteiger partial charge in [0, 0.05) is 23.5 Å². The van der Waals surface area contributed by atoms with Crippen molar-refractivity contribution in [3.63, 3.8) is 0 Å². The molecule has 5 heteroatoms. The summed E-state index contributed by atoms with van der Waals surface area (Å²) >= 11 is 0. The van der Waals surface area contributed by atoms with Crippen LogP contribution in [-0.2, 0) is 11.4 Å². The molecule has 0 radical (unpaired) electrons. The zero-order valence-corrected chi connectivity index (χ0v) is 13.8. The van der Waals surface area contributed by atoms with Crippen LogP contribution in [0.2, 0.25) is 0 Å². The van der Waals surface area contributed by atoms with Crippen LogP contribution >= 0.6 is 0 Å². The van der Waals surface area contributed by atoms with E-state index in [0.717, 1.165) is 11.1 Å². The number of ether oxygens (including phenoxy) is 1. The number of nitrogens with zero attached hydrogens (tertiary/aromatic N) is 2. The minimum Gasteiger partial charge on any atom is -0.485 e. The second-order valence-corrected chi connectivity index (χ2v) is 5.64. The van der Waals surface area contributed by atoms with E-state index in [1.54, 1.807) is 37.5 Å². The Labute approximate surface area is 146 Å². The fraction of sp³-hybridized carbons (Fsp3) is 0.150. The Bertz CT molecular complexity index is 848. The van der Waals surface area contributed by atoms with Crippen LogP contribution in [0.3, 0.4) is 0 Å². The van der Waals surface area contributed by atoms with Gasteiger partial charge >= 0.3 is 5.97 Å². The molecular formula is C20H18N2O3. The van der Waals surface area contributed by atoms with Gasteiger partial charge in [-0.25, -0.2) is 9.97 Å². The van der Waals surface area contributed by atoms with Crippen LogP contribution in [0.15, 0.2) is 67.0 Å². The number of carboxylic acid groups (broad SMARTS) is 1. The first-order valence-corrected chi connectivity index (χ1v) is 7.96. The summed E-state index contributed by atoms with van der Waals surface area (Å²) < 4.78 is 5.75. The van der Waals surface area contributed by atoms with Crippen molar-refractivity contribution in [2.24, 2.45) is 0 Å². The normalized spacial score (nSPS) is 11.7. The van der Waals surface area contributed by atoms with Crippen LogP contribution in [0.4, 0.5) is 0 Å². The number of hydrogen-bond donors (Lipinski definition) is 1. The maximum atomic E-state index is 11.2. The van der Waals surface area contributed by atoms with Gasteiger partial charge in [0.05, 0.1) is 5.92 Å². The van der Waals surface area contributed by atoms with Gasteiger partial charge in [0.25, 0.3) is 0 Å². The molecule has 1 atom stereocenters. The van der Waals surface area contributed by atoms with Crippen LogP contribution in [0.25, 0.3) is 11.1 Å². The summed E-state index contributed by atoms with van der Waals surface area (Å²) in [7, 11) is 0. The fourth-order valence-corrected chi connectivity index (χ4v) is 2.45. The molecule has 25 heavy (non-hydrogen) atoms. The van der Waals surface area contributed by atoms with Crippen LogP contribution < -0.4 is 4.74 Å². The second kappa shape index (κ2) is 7.57. The highest BCUT2D eigenvalue weighted by molar-refractivity contribution is 5.76. The van der Waals surface area contributed by atoms with Gasteiger partial charge in [-0.05, 0) is 18.6 Å². The Morgan fingerprint density at radius 2 is 1.64 bits per heavy atom. The Kier molecular flexibility index (Phi) is 5.04. The molecule has 1 heterocycles. The first-order valence-electron chi connectivity index (χ1n) is 7.96. The highest BCUT2D eigenvalue weighted by atomic mass is 16.5. The third kappa shape index (κ3) is 4.01. The topological polar surface area (TPSA) is 72.3 Å². The standard InChI is InChI=1S/C20H18N2O3/c1-14(20(23)24)17-9-5-6-10-18(17)25-13-19-21-11-16(12-22-19)15-7-3-2-4-8-15/h2-12,14H,13H2,1H3,(H,23,24). The minimum absolute atomic E-state index is 0.179. The van der Waals surface area contributed by atoms with Crippen LogP contribution in [0, 0.1) is 0 Å². The highest BCUT2D eigenvalue weighted by Crippen LogP contribution is 2.27. The number of hydrogen-bond acceptors (Lipinski definition) is 4. The van der Waals surface area contributed by atoms with Gasteiger partial charge in [-0.1, -0.05) is 48.5 Å². The Morgan fingerprint density at radius 3 is 2.32 bits per heavy atom. The van der Waals surface area contributed by atoms with Gasteiger partial charge in [-0.3, -0.25) is 4.79 Å². The van der Waals surface area contributed by atoms with E-state index in [9.17, 15) is 9.90 Å². The molecule has 0 amide bonds. The van der Waals surface area contributed by atoms with Gasteiger partial charge in [0.15, 0.2) is 5.82 Å². The molecule has 126 valence electrons. The monoisotopic (exact) mass is 334 g/mol. The van der Waals surface area contributed by atoms with Crippen molar-refractivity contribution >= 4 is 5.97 Å². The van der Waals surface area contributed by atoms with Crippen molar-refractivity contribution in [2.75, 3.05) is 0 Å². The Morgan fingerprint density at radius 1 is 1.00 bits per heavy atom. The molecule has 0 bridgehead atoms. The van der Waals surface area contributed by atoms with Crippen molar-refractivity contribution in [3.05, 3.63) is 78.4 Å². The van der Waals surface area contributed by atoms with E-state index in [-0.39, 0.29) is 6.61 Å². The van der Waals surface area contributed by atoms with E-state index in [0.29, 0.717) is 17.1 Å². The van der Waals surface area contributed by atoms with E-state index >= 15 is 0 Å². The molecule has 0 saturated carbocycles. The van der Waals surface area contributed by atoms with E-state index in [2.05, 4.69) is 9.97 Å². The van der Waals surface area contributed by atoms with Gasteiger partial charge < -0.3 is 9.84 Å². The predicted octanol–water partition coefficient (Wildman–Crippen LogP) is 3.91. The lowest BCUT2D eigenvalue weighted by Crippen LogP contribution is -2.10. The third-order valence-corrected chi connectivity index (χ3v) is 3.93. The fourth-order valence-electron chi connectivity index (χ4n) is 2.45. The number of aliphatic carboxylic acids is 1. The summed E-state index contributed by atoms with van der Waals surface area (Å²) in [5.74, 6) is -0.456. The lowest BCUT2D eigenvalue weighted by Gasteiger charge is -2.13. The molecule has 3 aromatic rings. The number of benzene rings is 2. The maximum absolute atomic E-state index is 11.2. The van der Waals surface area contributed by atoms with Crippen molar-refractivity contribution in [1.82, 2.24) is 9.97 Å². The van der Waals surface area contributed by atoms with Crippen LogP contribution in [0.5, 0.6) is 5.75 Å². The average Bonchev–Trinajstić information content (AvgIpc) is 2.67. The smallest absolute Gasteiger partial charge is 0.310 e. The van der Waals surface area contributed by atoms with Crippen LogP contribution in [0.1, 0.15) is 24.2 Å². The second-order valence-electron chi connectivity index (χ2n) is 5.64. The highest BCUT2D eigenvalue weighted by Gasteiger charge is 2.18. The average molecular weight is 334 g/mol. The molecule has 0 spiro atoms. The van der Waals surface area contributed by atoms with E-state index in [4.69, 9.17) is 4.74 Å². The lowest BCUT2D eigenvalue weighted by molar-refractivity contribution is -0.138. The number of para-hydroxylation sites is 1. The molecule has 0 saturated heterocycles. The molecule has 2 aromatic carbocycles. The summed E-state index contributed by atoms with van der Waals surface area (Å²) in [5, 5.41) is 9.20. The predicted molar refractivity (Wildman–Crippen MR) is 94.3 cm³/mol. The summed E-state index contributed by atoms with van der Waals surface area (Å²) in [6.07, 6.45) is 3.51. The number of carbonyl (C=O) groups is 1. The Hall–Kier alpha value is -3.21. The van der Waals surface area contributed by atoms with E-state index < -0.39 is 11.9 Å². The van der Waals surface area contributed by atoms with Crippen molar-refractivity contribution < 1.29 is 14.6 Å². The number of carboxylic acids is 1. The first-order chi connectivity index (χ1) is 12.1. The summed E-state index contributed by atoms with van der Waals surface area (Å²) in [6.45, 7) is 1.81. The first kappa shape index (κ1) is 16.6. The van der Waals surface area contributed by atoms with Crippen molar-refractivity contribution in [1.29, 1.82) is 0 Å². The zero-order valence-electron chi connectivity index (χ0n) is 13.8. The molecule has 5 nitrogen and oxygen atoms in total. The van der Waals surface area contributed by atoms with E-state index in [1.165, 1.54) is 0 Å². The molecule has 0 aliphatic rings. The molecule has 1 N–H and O–H groups in total. The molecule has 1 unspecified atom stereocenters. The Balaban J connectivity index is 1.71. The molecule has 0 aliphatic heterocycles. The lowest BCUT2D eigenvalue weighted by atomic mass is 10.0. The number of aromatic nitrogens is 2. The summed E-state index contributed by atoms with van der Waals surface area (Å²) in [4.78, 5) is 19.9. The molecule has 0 aliphatic carbocycles. The SMILES string of the molecule is CC(C(=O)O)c1ccccc1OCc1ncc(-c2ccccc2)cn1. The van der Waals surface area contributed by atoms with Gasteiger partial charge in [-0.2, -0.15) is 0 Å². The zero-order chi connectivity index (χ0) is 17.6. The van der Waals surface area contributed by atoms with Gasteiger partial charge in [-0.15, -0.1) is 0 Å².